The zero-order valence-corrected chi connectivity index (χ0v) is 15.5. The third-order valence-electron chi connectivity index (χ3n) is 4.00. The van der Waals surface area contributed by atoms with Crippen molar-refractivity contribution >= 4 is 23.6 Å². The van der Waals surface area contributed by atoms with Crippen molar-refractivity contribution in [3.8, 4) is 11.5 Å². The van der Waals surface area contributed by atoms with Crippen LogP contribution in [0.2, 0.25) is 0 Å². The summed E-state index contributed by atoms with van der Waals surface area (Å²) in [4.78, 5) is 24.6. The number of carboxylic acids is 1. The Balaban J connectivity index is 1.52. The number of carboxylic acid groups (broad SMARTS) is 1. The zero-order chi connectivity index (χ0) is 19.1. The first-order chi connectivity index (χ1) is 13.1. The van der Waals surface area contributed by atoms with E-state index >= 15 is 0 Å². The minimum Gasteiger partial charge on any atom is -0.490 e. The third kappa shape index (κ3) is 5.40. The molecule has 0 saturated heterocycles. The molecule has 1 atom stereocenters. The van der Waals surface area contributed by atoms with Crippen LogP contribution >= 0.6 is 11.8 Å². The highest BCUT2D eigenvalue weighted by atomic mass is 32.2. The van der Waals surface area contributed by atoms with Gasteiger partial charge < -0.3 is 19.9 Å². The molecule has 0 bridgehead atoms. The molecule has 3 rings (SSSR count). The predicted octanol–water partition coefficient (Wildman–Crippen LogP) is 3.27. The van der Waals surface area contributed by atoms with Gasteiger partial charge >= 0.3 is 5.97 Å². The molecule has 0 radical (unpaired) electrons. The van der Waals surface area contributed by atoms with Gasteiger partial charge in [-0.15, -0.1) is 11.8 Å². The lowest BCUT2D eigenvalue weighted by atomic mass is 10.1. The second-order valence-electron chi connectivity index (χ2n) is 6.01. The van der Waals surface area contributed by atoms with Gasteiger partial charge in [0.15, 0.2) is 17.5 Å². The monoisotopic (exact) mass is 387 g/mol. The molecule has 1 heterocycles. The maximum atomic E-state index is 12.2. The van der Waals surface area contributed by atoms with Gasteiger partial charge in [-0.3, -0.25) is 4.79 Å². The average molecular weight is 387 g/mol. The van der Waals surface area contributed by atoms with Gasteiger partial charge in [0.1, 0.15) is 0 Å². The van der Waals surface area contributed by atoms with Crippen LogP contribution in [0.5, 0.6) is 11.5 Å². The highest BCUT2D eigenvalue weighted by molar-refractivity contribution is 7.99. The largest absolute Gasteiger partial charge is 0.490 e. The van der Waals surface area contributed by atoms with E-state index in [1.54, 1.807) is 30.3 Å². The molecule has 0 fully saturated rings. The normalized spacial score (nSPS) is 14.1. The minimum atomic E-state index is -1.08. The Labute approximate surface area is 161 Å². The molecule has 0 aromatic heterocycles. The Kier molecular flexibility index (Phi) is 6.59. The lowest BCUT2D eigenvalue weighted by molar-refractivity contribution is -0.142. The molecular formula is C20H21NO5S. The standard InChI is InChI=1S/C20H21NO5S/c22-18(21-19(20(23)24)14-5-2-1-3-6-14)9-12-27-15-7-8-16-17(13-15)26-11-4-10-25-16/h1-3,5-8,13,19H,4,9-12H2,(H,21,22)(H,23,24)/t19-/m0/s1. The van der Waals surface area contributed by atoms with Crippen molar-refractivity contribution in [2.24, 2.45) is 0 Å². The number of ether oxygens (including phenoxy) is 2. The molecular weight excluding hydrogens is 366 g/mol. The van der Waals surface area contributed by atoms with Crippen LogP contribution in [0.1, 0.15) is 24.4 Å². The van der Waals surface area contributed by atoms with E-state index in [4.69, 9.17) is 9.47 Å². The highest BCUT2D eigenvalue weighted by Crippen LogP contribution is 2.34. The molecule has 6 nitrogen and oxygen atoms in total. The maximum absolute atomic E-state index is 12.2. The SMILES string of the molecule is O=C(CCSc1ccc2c(c1)OCCCO2)N[C@H](C(=O)O)c1ccccc1. The van der Waals surface area contributed by atoms with Crippen LogP contribution < -0.4 is 14.8 Å². The molecule has 0 aliphatic carbocycles. The number of carbonyl (C=O) groups is 2. The summed E-state index contributed by atoms with van der Waals surface area (Å²) in [5, 5.41) is 11.9. The number of amides is 1. The fraction of sp³-hybridized carbons (Fsp3) is 0.300. The first-order valence-electron chi connectivity index (χ1n) is 8.73. The zero-order valence-electron chi connectivity index (χ0n) is 14.7. The number of aliphatic carboxylic acids is 1. The van der Waals surface area contributed by atoms with Crippen molar-refractivity contribution in [1.82, 2.24) is 5.32 Å². The summed E-state index contributed by atoms with van der Waals surface area (Å²) in [5.74, 6) is 0.615. The Morgan fingerprint density at radius 1 is 1.07 bits per heavy atom. The number of fused-ring (bicyclic) bond motifs is 1. The lowest BCUT2D eigenvalue weighted by Gasteiger charge is -2.15. The van der Waals surface area contributed by atoms with E-state index in [2.05, 4.69) is 5.32 Å². The lowest BCUT2D eigenvalue weighted by Crippen LogP contribution is -2.33. The van der Waals surface area contributed by atoms with Gasteiger partial charge in [-0.05, 0) is 23.8 Å². The fourth-order valence-corrected chi connectivity index (χ4v) is 3.54. The number of hydrogen-bond donors (Lipinski definition) is 2. The van der Waals surface area contributed by atoms with Crippen molar-refractivity contribution in [3.63, 3.8) is 0 Å². The van der Waals surface area contributed by atoms with Gasteiger partial charge in [0, 0.05) is 23.5 Å². The molecule has 7 heteroatoms. The molecule has 27 heavy (non-hydrogen) atoms. The van der Waals surface area contributed by atoms with E-state index < -0.39 is 12.0 Å². The fourth-order valence-electron chi connectivity index (χ4n) is 2.66. The molecule has 1 amide bonds. The van der Waals surface area contributed by atoms with Gasteiger partial charge in [0.25, 0.3) is 0 Å². The van der Waals surface area contributed by atoms with Crippen molar-refractivity contribution in [3.05, 3.63) is 54.1 Å². The Bertz CT molecular complexity index is 796. The topological polar surface area (TPSA) is 84.9 Å². The van der Waals surface area contributed by atoms with Gasteiger partial charge in [-0.25, -0.2) is 4.79 Å². The predicted molar refractivity (Wildman–Crippen MR) is 102 cm³/mol. The van der Waals surface area contributed by atoms with Crippen molar-refractivity contribution in [2.75, 3.05) is 19.0 Å². The van der Waals surface area contributed by atoms with Crippen LogP contribution in [0.4, 0.5) is 0 Å². The number of hydrogen-bond acceptors (Lipinski definition) is 5. The van der Waals surface area contributed by atoms with E-state index in [-0.39, 0.29) is 12.3 Å². The second-order valence-corrected chi connectivity index (χ2v) is 7.18. The van der Waals surface area contributed by atoms with Crippen molar-refractivity contribution < 1.29 is 24.2 Å². The smallest absolute Gasteiger partial charge is 0.330 e. The number of benzene rings is 2. The van der Waals surface area contributed by atoms with Crippen LogP contribution in [-0.4, -0.2) is 35.9 Å². The summed E-state index contributed by atoms with van der Waals surface area (Å²) in [6.07, 6.45) is 1.07. The number of thioether (sulfide) groups is 1. The Hall–Kier alpha value is -2.67. The maximum Gasteiger partial charge on any atom is 0.330 e. The molecule has 0 spiro atoms. The van der Waals surface area contributed by atoms with Crippen LogP contribution in [0, 0.1) is 0 Å². The molecule has 142 valence electrons. The first kappa shape index (κ1) is 19.1. The van der Waals surface area contributed by atoms with E-state index in [1.807, 2.05) is 18.2 Å². The number of rotatable bonds is 7. The number of nitrogens with one attached hydrogen (secondary N) is 1. The van der Waals surface area contributed by atoms with E-state index in [0.29, 0.717) is 24.5 Å². The average Bonchev–Trinajstić information content (AvgIpc) is 2.91. The van der Waals surface area contributed by atoms with Gasteiger partial charge in [0.2, 0.25) is 5.91 Å². The van der Waals surface area contributed by atoms with Gasteiger partial charge in [-0.2, -0.15) is 0 Å². The molecule has 0 unspecified atom stereocenters. The van der Waals surface area contributed by atoms with Crippen LogP contribution in [0.25, 0.3) is 0 Å². The first-order valence-corrected chi connectivity index (χ1v) is 9.71. The molecule has 2 aromatic carbocycles. The van der Waals surface area contributed by atoms with Gasteiger partial charge in [0.05, 0.1) is 13.2 Å². The molecule has 1 aliphatic heterocycles. The van der Waals surface area contributed by atoms with Crippen LogP contribution in [-0.2, 0) is 9.59 Å². The molecule has 2 aromatic rings. The summed E-state index contributed by atoms with van der Waals surface area (Å²) >= 11 is 1.52. The van der Waals surface area contributed by atoms with E-state index in [0.717, 1.165) is 22.8 Å². The summed E-state index contributed by atoms with van der Waals surface area (Å²) in [6, 6.07) is 13.3. The van der Waals surface area contributed by atoms with E-state index in [9.17, 15) is 14.7 Å². The van der Waals surface area contributed by atoms with E-state index in [1.165, 1.54) is 11.8 Å². The minimum absolute atomic E-state index is 0.218. The third-order valence-corrected chi connectivity index (χ3v) is 5.00. The Morgan fingerprint density at radius 2 is 1.81 bits per heavy atom. The van der Waals surface area contributed by atoms with Gasteiger partial charge in [-0.1, -0.05) is 30.3 Å². The van der Waals surface area contributed by atoms with Crippen molar-refractivity contribution in [2.45, 2.75) is 23.8 Å². The quantitative estimate of drug-likeness (QED) is 0.710. The summed E-state index contributed by atoms with van der Waals surface area (Å²) in [6.45, 7) is 1.27. The Morgan fingerprint density at radius 3 is 2.56 bits per heavy atom. The molecule has 0 saturated carbocycles. The molecule has 2 N–H and O–H groups in total. The summed E-state index contributed by atoms with van der Waals surface area (Å²) < 4.78 is 11.3. The van der Waals surface area contributed by atoms with Crippen LogP contribution in [0.3, 0.4) is 0 Å². The van der Waals surface area contributed by atoms with Crippen molar-refractivity contribution in [1.29, 1.82) is 0 Å². The second kappa shape index (κ2) is 9.32. The van der Waals surface area contributed by atoms with Crippen LogP contribution in [0.15, 0.2) is 53.4 Å². The summed E-state index contributed by atoms with van der Waals surface area (Å²) in [5.41, 5.74) is 0.550. The summed E-state index contributed by atoms with van der Waals surface area (Å²) in [7, 11) is 0. The molecule has 1 aliphatic rings. The highest BCUT2D eigenvalue weighted by Gasteiger charge is 2.21. The number of carbonyl (C=O) groups excluding carboxylic acids is 1.